The summed E-state index contributed by atoms with van der Waals surface area (Å²) in [6.07, 6.45) is 1.80. The molecule has 0 aromatic carbocycles. The third-order valence-electron chi connectivity index (χ3n) is 12.3. The van der Waals surface area contributed by atoms with Gasteiger partial charge >= 0.3 is 0 Å². The van der Waals surface area contributed by atoms with Crippen LogP contribution in [0.2, 0.25) is 0 Å². The molecule has 1 aliphatic heterocycles. The van der Waals surface area contributed by atoms with Gasteiger partial charge < -0.3 is 86.3 Å². The number of carbonyl (C=O) groups is 10. The molecule has 1 heterocycles. The van der Waals surface area contributed by atoms with E-state index in [9.17, 15) is 58.2 Å². The summed E-state index contributed by atoms with van der Waals surface area (Å²) in [7, 11) is 0. The summed E-state index contributed by atoms with van der Waals surface area (Å²) in [5.41, 5.74) is 23.4. The SMILES string of the molecule is CCCCCCCCC(=O)NC(C(=O)NC(CCN)C(=O)NC1CCNC(=O)C(C(C)O)NC(=O)C(CCN)NC(=O)C(CCN)NC(=O)C(CC(C)C)NC(=O)C(CC(C)C)NC(=O)C(CCN)NC1=O)C(C)O.Cl. The minimum absolute atomic E-state index is 0. The first-order chi connectivity index (χ1) is 35.4. The van der Waals surface area contributed by atoms with E-state index in [2.05, 4.69) is 60.1 Å². The number of hydrogen-bond acceptors (Lipinski definition) is 16. The van der Waals surface area contributed by atoms with E-state index in [1.165, 1.54) is 13.8 Å². The molecule has 27 heteroatoms. The Morgan fingerprint density at radius 1 is 0.566 bits per heavy atom. The second-order valence-corrected chi connectivity index (χ2v) is 20.1. The Morgan fingerprint density at radius 3 is 1.43 bits per heavy atom. The molecule has 0 radical (unpaired) electrons. The molecule has 0 aliphatic carbocycles. The minimum Gasteiger partial charge on any atom is -0.391 e. The quantitative estimate of drug-likeness (QED) is 0.0371. The molecule has 1 aliphatic rings. The average molecular weight is 1110 g/mol. The Morgan fingerprint density at radius 2 is 1.00 bits per heavy atom. The number of halogens is 1. The first-order valence-electron chi connectivity index (χ1n) is 26.6. The van der Waals surface area contributed by atoms with Crippen molar-refractivity contribution >= 4 is 71.5 Å². The molecule has 0 aromatic rings. The van der Waals surface area contributed by atoms with Gasteiger partial charge in [0.15, 0.2) is 0 Å². The van der Waals surface area contributed by atoms with E-state index >= 15 is 0 Å². The summed E-state index contributed by atoms with van der Waals surface area (Å²) >= 11 is 0. The van der Waals surface area contributed by atoms with Crippen molar-refractivity contribution in [3.63, 3.8) is 0 Å². The molecule has 1 saturated heterocycles. The zero-order valence-corrected chi connectivity index (χ0v) is 46.5. The monoisotopic (exact) mass is 1100 g/mol. The van der Waals surface area contributed by atoms with Crippen LogP contribution in [0.5, 0.6) is 0 Å². The van der Waals surface area contributed by atoms with Crippen LogP contribution in [0, 0.1) is 11.8 Å². The summed E-state index contributed by atoms with van der Waals surface area (Å²) in [4.78, 5) is 138. The van der Waals surface area contributed by atoms with E-state index in [4.69, 9.17) is 22.9 Å². The Bertz CT molecular complexity index is 1850. The Balaban J connectivity index is 0.0000562. The van der Waals surface area contributed by atoms with Crippen LogP contribution in [0.25, 0.3) is 0 Å². The lowest BCUT2D eigenvalue weighted by Gasteiger charge is -2.29. The maximum atomic E-state index is 14.3. The van der Waals surface area contributed by atoms with Gasteiger partial charge in [0.1, 0.15) is 54.4 Å². The number of amides is 10. The fourth-order valence-corrected chi connectivity index (χ4v) is 8.14. The highest BCUT2D eigenvalue weighted by molar-refractivity contribution is 5.98. The van der Waals surface area contributed by atoms with Gasteiger partial charge in [-0.25, -0.2) is 0 Å². The van der Waals surface area contributed by atoms with Crippen LogP contribution in [0.3, 0.4) is 0 Å². The average Bonchev–Trinajstić information content (AvgIpc) is 3.33. The molecule has 10 amide bonds. The van der Waals surface area contributed by atoms with E-state index in [1.807, 2.05) is 0 Å². The number of nitrogens with two attached hydrogens (primary N) is 4. The molecule has 20 N–H and O–H groups in total. The molecule has 26 nitrogen and oxygen atoms in total. The zero-order chi connectivity index (χ0) is 56.8. The predicted octanol–water partition coefficient (Wildman–Crippen LogP) is -3.71. The maximum absolute atomic E-state index is 14.3. The summed E-state index contributed by atoms with van der Waals surface area (Å²) in [5, 5.41) is 46.8. The van der Waals surface area contributed by atoms with Gasteiger partial charge in [-0.3, -0.25) is 47.9 Å². The van der Waals surface area contributed by atoms with Crippen molar-refractivity contribution in [1.29, 1.82) is 0 Å². The van der Waals surface area contributed by atoms with Crippen molar-refractivity contribution in [2.45, 2.75) is 205 Å². The fourth-order valence-electron chi connectivity index (χ4n) is 8.14. The standard InChI is InChI=1S/C49H92N14O12.ClH/c1-8-9-10-11-12-13-14-38(66)62-40(30(7)65)49(75)59-33(17-22-52)42(68)58-35-19-24-54-48(74)39(29(6)64)63-45(71)34(18-23-53)56-41(67)31(15-20-50)57-46(72)36(25-27(2)3)61-47(73)37(26-28(4)5)60-43(69)32(16-21-51)55-44(35)70;/h27-37,39-40,64-65H,8-26,50-53H2,1-7H3,(H,54,74)(H,55,70)(H,56,67)(H,57,72)(H,58,68)(H,59,75)(H,60,69)(H,61,73)(H,62,66)(H,63,71);1H. The third kappa shape index (κ3) is 26.7. The van der Waals surface area contributed by atoms with E-state index in [0.29, 0.717) is 6.42 Å². The van der Waals surface area contributed by atoms with Crippen LogP contribution >= 0.6 is 12.4 Å². The van der Waals surface area contributed by atoms with Gasteiger partial charge in [0.05, 0.1) is 12.2 Å². The lowest BCUT2D eigenvalue weighted by molar-refractivity contribution is -0.136. The van der Waals surface area contributed by atoms with Crippen LogP contribution in [0.1, 0.15) is 138 Å². The van der Waals surface area contributed by atoms with Crippen LogP contribution < -0.4 is 76.1 Å². The molecule has 0 saturated carbocycles. The molecule has 1 fully saturated rings. The molecule has 0 bridgehead atoms. The van der Waals surface area contributed by atoms with E-state index < -0.39 is 139 Å². The second kappa shape index (κ2) is 38.3. The highest BCUT2D eigenvalue weighted by Gasteiger charge is 2.37. The largest absolute Gasteiger partial charge is 0.391 e. The van der Waals surface area contributed by atoms with Gasteiger partial charge in [-0.05, 0) is 103 Å². The van der Waals surface area contributed by atoms with Gasteiger partial charge in [-0.15, -0.1) is 12.4 Å². The van der Waals surface area contributed by atoms with Crippen LogP contribution in [-0.2, 0) is 47.9 Å². The summed E-state index contributed by atoms with van der Waals surface area (Å²) in [6, 6.07) is -12.8. The van der Waals surface area contributed by atoms with Crippen molar-refractivity contribution in [2.75, 3.05) is 32.7 Å². The van der Waals surface area contributed by atoms with Crippen LogP contribution in [0.4, 0.5) is 0 Å². The molecule has 11 unspecified atom stereocenters. The molecule has 1 rings (SSSR count). The summed E-state index contributed by atoms with van der Waals surface area (Å²) < 4.78 is 0. The second-order valence-electron chi connectivity index (χ2n) is 20.1. The number of hydrogen-bond donors (Lipinski definition) is 16. The lowest BCUT2D eigenvalue weighted by Crippen LogP contribution is -2.61. The van der Waals surface area contributed by atoms with Crippen molar-refractivity contribution in [3.05, 3.63) is 0 Å². The number of aliphatic hydroxyl groups is 2. The fraction of sp³-hybridized carbons (Fsp3) is 0.796. The Kier molecular flexibility index (Phi) is 35.7. The van der Waals surface area contributed by atoms with Crippen LogP contribution in [-0.4, -0.2) is 169 Å². The first-order valence-corrected chi connectivity index (χ1v) is 26.6. The normalized spacial score (nSPS) is 23.4. The summed E-state index contributed by atoms with van der Waals surface area (Å²) in [6.45, 7) is 10.9. The van der Waals surface area contributed by atoms with Crippen molar-refractivity contribution in [3.8, 4) is 0 Å². The van der Waals surface area contributed by atoms with Gasteiger partial charge in [0.2, 0.25) is 59.1 Å². The van der Waals surface area contributed by atoms with Gasteiger partial charge in [-0.2, -0.15) is 0 Å². The molecule has 0 spiro atoms. The van der Waals surface area contributed by atoms with Crippen molar-refractivity contribution in [1.82, 2.24) is 53.2 Å². The predicted molar refractivity (Wildman–Crippen MR) is 287 cm³/mol. The molecular formula is C49H93ClN14O12. The van der Waals surface area contributed by atoms with E-state index in [0.717, 1.165) is 32.1 Å². The molecule has 11 atom stereocenters. The van der Waals surface area contributed by atoms with Gasteiger partial charge in [-0.1, -0.05) is 66.7 Å². The number of carbonyl (C=O) groups excluding carboxylic acids is 10. The highest BCUT2D eigenvalue weighted by Crippen LogP contribution is 2.12. The molecular weight excluding hydrogens is 1010 g/mol. The van der Waals surface area contributed by atoms with E-state index in [-0.39, 0.29) is 95.4 Å². The Labute approximate surface area is 453 Å². The Hall–Kier alpha value is -5.25. The number of unbranched alkanes of at least 4 members (excludes halogenated alkanes) is 5. The van der Waals surface area contributed by atoms with Crippen molar-refractivity contribution < 1.29 is 58.2 Å². The minimum atomic E-state index is -1.65. The number of nitrogens with one attached hydrogen (secondary N) is 10. The van der Waals surface area contributed by atoms with Gasteiger partial charge in [0.25, 0.3) is 0 Å². The first kappa shape index (κ1) is 70.8. The number of aliphatic hydroxyl groups excluding tert-OH is 2. The van der Waals surface area contributed by atoms with Gasteiger partial charge in [0, 0.05) is 13.0 Å². The zero-order valence-electron chi connectivity index (χ0n) is 45.6. The summed E-state index contributed by atoms with van der Waals surface area (Å²) in [5.74, 6) is -8.80. The van der Waals surface area contributed by atoms with Crippen LogP contribution in [0.15, 0.2) is 0 Å². The molecule has 0 aromatic heterocycles. The lowest BCUT2D eigenvalue weighted by atomic mass is 9.99. The van der Waals surface area contributed by atoms with Crippen molar-refractivity contribution in [2.24, 2.45) is 34.8 Å². The molecule has 438 valence electrons. The van der Waals surface area contributed by atoms with E-state index in [1.54, 1.807) is 27.7 Å². The highest BCUT2D eigenvalue weighted by atomic mass is 35.5. The molecule has 76 heavy (non-hydrogen) atoms. The smallest absolute Gasteiger partial charge is 0.245 e. The number of rotatable bonds is 26. The topological polar surface area (TPSA) is 436 Å². The maximum Gasteiger partial charge on any atom is 0.245 e. The third-order valence-corrected chi connectivity index (χ3v) is 12.3.